The lowest BCUT2D eigenvalue weighted by atomic mass is 10.1. The summed E-state index contributed by atoms with van der Waals surface area (Å²) in [6.45, 7) is 10.9. The van der Waals surface area contributed by atoms with E-state index in [1.165, 1.54) is 6.07 Å². The van der Waals surface area contributed by atoms with Gasteiger partial charge < -0.3 is 14.6 Å². The Morgan fingerprint density at radius 3 is 2.65 bits per heavy atom. The third-order valence-electron chi connectivity index (χ3n) is 6.69. The van der Waals surface area contributed by atoms with Crippen LogP contribution in [0.1, 0.15) is 48.3 Å². The summed E-state index contributed by atoms with van der Waals surface area (Å²) in [5.74, 6) is 0.449. The topological polar surface area (TPSA) is 59.4 Å². The fourth-order valence-electron chi connectivity index (χ4n) is 4.62. The number of carbonyl (C=O) groups excluding carboxylic acids is 1. The van der Waals surface area contributed by atoms with Gasteiger partial charge in [-0.25, -0.2) is 9.37 Å². The molecule has 0 unspecified atom stereocenters. The fourth-order valence-corrected chi connectivity index (χ4v) is 4.62. The second kappa shape index (κ2) is 11.1. The third kappa shape index (κ3) is 5.47. The molecule has 3 aromatic rings. The molecule has 0 radical (unpaired) electrons. The summed E-state index contributed by atoms with van der Waals surface area (Å²) in [7, 11) is 0. The molecule has 1 saturated heterocycles. The number of nitrogens with zero attached hydrogens (tertiary/aromatic N) is 3. The largest absolute Gasteiger partial charge is 0.379 e. The van der Waals surface area contributed by atoms with E-state index < -0.39 is 6.04 Å². The van der Waals surface area contributed by atoms with Gasteiger partial charge in [-0.15, -0.1) is 0 Å². The Hall–Kier alpha value is -2.77. The van der Waals surface area contributed by atoms with Crippen LogP contribution in [-0.4, -0.2) is 59.8 Å². The van der Waals surface area contributed by atoms with Crippen LogP contribution in [0.3, 0.4) is 0 Å². The van der Waals surface area contributed by atoms with Gasteiger partial charge in [0.15, 0.2) is 0 Å². The predicted octanol–water partition coefficient (Wildman–Crippen LogP) is 4.17. The summed E-state index contributed by atoms with van der Waals surface area (Å²) in [5.41, 5.74) is 4.65. The van der Waals surface area contributed by atoms with Crippen molar-refractivity contribution in [3.8, 4) is 0 Å². The molecule has 2 heterocycles. The Morgan fingerprint density at radius 2 is 1.91 bits per heavy atom. The number of aryl methyl sites for hydroxylation is 2. The van der Waals surface area contributed by atoms with Crippen molar-refractivity contribution in [2.24, 2.45) is 0 Å². The van der Waals surface area contributed by atoms with Gasteiger partial charge in [-0.05, 0) is 55.2 Å². The molecule has 182 valence electrons. The number of imidazole rings is 1. The maximum absolute atomic E-state index is 14.5. The summed E-state index contributed by atoms with van der Waals surface area (Å²) in [6.07, 6.45) is 1.87. The summed E-state index contributed by atoms with van der Waals surface area (Å²) < 4.78 is 22.0. The lowest BCUT2D eigenvalue weighted by molar-refractivity contribution is -0.124. The molecule has 0 saturated carbocycles. The molecule has 1 fully saturated rings. The van der Waals surface area contributed by atoms with Crippen LogP contribution in [0, 0.1) is 19.7 Å². The average Bonchev–Trinajstić information content (AvgIpc) is 3.16. The highest BCUT2D eigenvalue weighted by atomic mass is 19.1. The van der Waals surface area contributed by atoms with Crippen LogP contribution in [0.15, 0.2) is 36.4 Å². The van der Waals surface area contributed by atoms with Crippen LogP contribution in [0.5, 0.6) is 0 Å². The lowest BCUT2D eigenvalue weighted by Gasteiger charge is -2.27. The number of morpholine rings is 1. The van der Waals surface area contributed by atoms with Gasteiger partial charge in [0.05, 0.1) is 24.2 Å². The number of rotatable bonds is 9. The van der Waals surface area contributed by atoms with Gasteiger partial charge in [0.2, 0.25) is 5.91 Å². The zero-order chi connectivity index (χ0) is 24.1. The van der Waals surface area contributed by atoms with Crippen molar-refractivity contribution in [3.63, 3.8) is 0 Å². The Kier molecular flexibility index (Phi) is 7.95. The molecule has 34 heavy (non-hydrogen) atoms. The van der Waals surface area contributed by atoms with Gasteiger partial charge >= 0.3 is 0 Å². The van der Waals surface area contributed by atoms with Gasteiger partial charge in [0.1, 0.15) is 17.7 Å². The number of aromatic nitrogens is 2. The van der Waals surface area contributed by atoms with Crippen molar-refractivity contribution < 1.29 is 13.9 Å². The molecule has 1 aliphatic heterocycles. The first-order chi connectivity index (χ1) is 16.5. The molecule has 1 aliphatic rings. The van der Waals surface area contributed by atoms with Gasteiger partial charge in [-0.2, -0.15) is 0 Å². The highest BCUT2D eigenvalue weighted by Crippen LogP contribution is 2.28. The maximum atomic E-state index is 14.5. The summed E-state index contributed by atoms with van der Waals surface area (Å²) in [4.78, 5) is 20.7. The van der Waals surface area contributed by atoms with E-state index in [-0.39, 0.29) is 11.7 Å². The van der Waals surface area contributed by atoms with E-state index in [1.807, 2.05) is 10.6 Å². The number of fused-ring (bicyclic) bond motifs is 1. The van der Waals surface area contributed by atoms with Crippen LogP contribution < -0.4 is 5.32 Å². The van der Waals surface area contributed by atoms with Crippen LogP contribution >= 0.6 is 0 Å². The fraction of sp³-hybridized carbons (Fsp3) is 0.481. The minimum atomic E-state index is -0.399. The van der Waals surface area contributed by atoms with Crippen LogP contribution in [0.2, 0.25) is 0 Å². The molecule has 1 N–H and O–H groups in total. The van der Waals surface area contributed by atoms with E-state index in [1.54, 1.807) is 12.1 Å². The molecule has 4 rings (SSSR count). The van der Waals surface area contributed by atoms with Crippen molar-refractivity contribution >= 4 is 16.9 Å². The minimum absolute atomic E-state index is 0.0116. The van der Waals surface area contributed by atoms with E-state index in [4.69, 9.17) is 9.72 Å². The first kappa shape index (κ1) is 24.4. The molecule has 1 amide bonds. The molecule has 7 heteroatoms. The lowest BCUT2D eigenvalue weighted by Crippen LogP contribution is -2.42. The first-order valence-corrected chi connectivity index (χ1v) is 12.3. The third-order valence-corrected chi connectivity index (χ3v) is 6.69. The molecule has 0 aliphatic carbocycles. The monoisotopic (exact) mass is 466 g/mol. The van der Waals surface area contributed by atoms with Crippen LogP contribution in [0.4, 0.5) is 4.39 Å². The number of hydrogen-bond acceptors (Lipinski definition) is 4. The van der Waals surface area contributed by atoms with E-state index in [0.29, 0.717) is 30.8 Å². The zero-order valence-corrected chi connectivity index (χ0v) is 20.4. The number of carbonyl (C=O) groups is 1. The van der Waals surface area contributed by atoms with E-state index in [9.17, 15) is 9.18 Å². The molecule has 6 nitrogen and oxygen atoms in total. The van der Waals surface area contributed by atoms with Gasteiger partial charge in [0.25, 0.3) is 0 Å². The van der Waals surface area contributed by atoms with Crippen molar-refractivity contribution in [3.05, 3.63) is 64.7 Å². The van der Waals surface area contributed by atoms with Crippen molar-refractivity contribution in [1.82, 2.24) is 19.8 Å². The van der Waals surface area contributed by atoms with E-state index in [0.717, 1.165) is 61.4 Å². The molecule has 1 atom stereocenters. The number of ether oxygens (including phenoxy) is 1. The maximum Gasteiger partial charge on any atom is 0.243 e. The molecule has 2 aromatic carbocycles. The summed E-state index contributed by atoms with van der Waals surface area (Å²) >= 11 is 0. The average molecular weight is 467 g/mol. The smallest absolute Gasteiger partial charge is 0.243 e. The summed E-state index contributed by atoms with van der Waals surface area (Å²) in [5, 5.41) is 3.15. The highest BCUT2D eigenvalue weighted by Gasteiger charge is 2.26. The molecule has 0 spiro atoms. The Labute approximate surface area is 201 Å². The standard InChI is InChI=1S/C27H35FN4O2/c1-4-7-24(27(33)29-10-11-31-12-14-34-15-13-31)32-25-17-20(3)19(2)16-23(25)30-26(32)18-21-8-5-6-9-22(21)28/h5-6,8-9,16-17,24H,4,7,10-15,18H2,1-3H3,(H,29,33)/t24-/m0/s1. The number of hydrogen-bond donors (Lipinski definition) is 1. The number of amides is 1. The first-order valence-electron chi connectivity index (χ1n) is 12.3. The minimum Gasteiger partial charge on any atom is -0.379 e. The zero-order valence-electron chi connectivity index (χ0n) is 20.4. The van der Waals surface area contributed by atoms with Crippen molar-refractivity contribution in [2.45, 2.75) is 46.1 Å². The number of halogens is 1. The Bertz CT molecular complexity index is 1140. The second-order valence-electron chi connectivity index (χ2n) is 9.14. The number of nitrogens with one attached hydrogen (secondary N) is 1. The van der Waals surface area contributed by atoms with Crippen LogP contribution in [-0.2, 0) is 16.0 Å². The Balaban J connectivity index is 1.65. The predicted molar refractivity (Wildman–Crippen MR) is 133 cm³/mol. The molecular weight excluding hydrogens is 431 g/mol. The molecule has 0 bridgehead atoms. The van der Waals surface area contributed by atoms with Crippen LogP contribution in [0.25, 0.3) is 11.0 Å². The summed E-state index contributed by atoms with van der Waals surface area (Å²) in [6, 6.07) is 10.5. The normalized spacial score (nSPS) is 15.5. The SMILES string of the molecule is CCC[C@@H](C(=O)NCCN1CCOCC1)n1c(Cc2ccccc2F)nc2cc(C)c(C)cc21. The van der Waals surface area contributed by atoms with Gasteiger partial charge in [0, 0.05) is 32.6 Å². The van der Waals surface area contributed by atoms with Crippen molar-refractivity contribution in [2.75, 3.05) is 39.4 Å². The van der Waals surface area contributed by atoms with Gasteiger partial charge in [-0.3, -0.25) is 9.69 Å². The molecular formula is C27H35FN4O2. The van der Waals surface area contributed by atoms with E-state index in [2.05, 4.69) is 43.1 Å². The highest BCUT2D eigenvalue weighted by molar-refractivity contribution is 5.85. The number of benzene rings is 2. The van der Waals surface area contributed by atoms with E-state index >= 15 is 0 Å². The van der Waals surface area contributed by atoms with Crippen molar-refractivity contribution in [1.29, 1.82) is 0 Å². The quantitative estimate of drug-likeness (QED) is 0.514. The molecule has 1 aromatic heterocycles. The van der Waals surface area contributed by atoms with Gasteiger partial charge in [-0.1, -0.05) is 31.5 Å². The Morgan fingerprint density at radius 1 is 1.18 bits per heavy atom. The second-order valence-corrected chi connectivity index (χ2v) is 9.14.